The van der Waals surface area contributed by atoms with Gasteiger partial charge in [-0.1, -0.05) is 19.1 Å². The molecule has 0 aliphatic rings. The second-order valence-electron chi connectivity index (χ2n) is 5.61. The van der Waals surface area contributed by atoms with Crippen LogP contribution >= 0.6 is 0 Å². The third-order valence-electron chi connectivity index (χ3n) is 3.22. The summed E-state index contributed by atoms with van der Waals surface area (Å²) >= 11 is 0. The molecule has 0 bridgehead atoms. The average Bonchev–Trinajstić information content (AvgIpc) is 2.39. The molecule has 3 heteroatoms. The molecule has 2 N–H and O–H groups in total. The predicted octanol–water partition coefficient (Wildman–Crippen LogP) is 3.29. The lowest BCUT2D eigenvalue weighted by molar-refractivity contribution is 0.264. The van der Waals surface area contributed by atoms with Gasteiger partial charge in [-0.3, -0.25) is 0 Å². The molecule has 0 heterocycles. The van der Waals surface area contributed by atoms with Crippen LogP contribution < -0.4 is 10.5 Å². The fourth-order valence-corrected chi connectivity index (χ4v) is 1.69. The Balaban J connectivity index is 2.51. The van der Waals surface area contributed by atoms with E-state index in [1.54, 1.807) is 0 Å². The molecular formula is C16H24N2O. The summed E-state index contributed by atoms with van der Waals surface area (Å²) in [6.07, 6.45) is 2.57. The monoisotopic (exact) mass is 260 g/mol. The number of hydrogen-bond acceptors (Lipinski definition) is 3. The molecule has 0 aliphatic carbocycles. The molecule has 1 atom stereocenters. The van der Waals surface area contributed by atoms with Crippen molar-refractivity contribution in [2.75, 3.05) is 6.61 Å². The summed E-state index contributed by atoms with van der Waals surface area (Å²) in [6, 6.07) is 10.5. The van der Waals surface area contributed by atoms with Gasteiger partial charge >= 0.3 is 0 Å². The molecule has 0 aliphatic heterocycles. The van der Waals surface area contributed by atoms with Crippen molar-refractivity contribution in [3.63, 3.8) is 0 Å². The van der Waals surface area contributed by atoms with Gasteiger partial charge in [-0.25, -0.2) is 0 Å². The lowest BCUT2D eigenvalue weighted by Crippen LogP contribution is -2.21. The molecule has 3 nitrogen and oxygen atoms in total. The van der Waals surface area contributed by atoms with Crippen LogP contribution in [0.3, 0.4) is 0 Å². The normalized spacial score (nSPS) is 12.8. The smallest absolute Gasteiger partial charge is 0.119 e. The van der Waals surface area contributed by atoms with Crippen molar-refractivity contribution in [3.8, 4) is 11.8 Å². The largest absolute Gasteiger partial charge is 0.494 e. The van der Waals surface area contributed by atoms with Gasteiger partial charge in [0.1, 0.15) is 5.75 Å². The zero-order chi connectivity index (χ0) is 14.3. The lowest BCUT2D eigenvalue weighted by Gasteiger charge is -2.16. The van der Waals surface area contributed by atoms with Crippen LogP contribution in [-0.2, 0) is 6.42 Å². The number of hydrogen-bond donors (Lipinski definition) is 1. The quantitative estimate of drug-likeness (QED) is 0.818. The van der Waals surface area contributed by atoms with Gasteiger partial charge in [0.15, 0.2) is 0 Å². The van der Waals surface area contributed by atoms with Gasteiger partial charge in [0.25, 0.3) is 0 Å². The van der Waals surface area contributed by atoms with Gasteiger partial charge in [-0.2, -0.15) is 5.26 Å². The number of rotatable bonds is 7. The lowest BCUT2D eigenvalue weighted by atomic mass is 9.92. The average molecular weight is 260 g/mol. The zero-order valence-electron chi connectivity index (χ0n) is 12.1. The van der Waals surface area contributed by atoms with Crippen molar-refractivity contribution in [1.29, 1.82) is 5.26 Å². The first kappa shape index (κ1) is 15.5. The predicted molar refractivity (Wildman–Crippen MR) is 77.9 cm³/mol. The Labute approximate surface area is 116 Å². The van der Waals surface area contributed by atoms with Crippen LogP contribution in [0.4, 0.5) is 0 Å². The summed E-state index contributed by atoms with van der Waals surface area (Å²) in [5.41, 5.74) is 6.82. The Kier molecular flexibility index (Phi) is 5.85. The van der Waals surface area contributed by atoms with Crippen LogP contribution in [0.15, 0.2) is 24.3 Å². The molecule has 1 unspecified atom stereocenters. The van der Waals surface area contributed by atoms with Gasteiger partial charge in [0.2, 0.25) is 0 Å². The number of nitrogens with zero attached hydrogens (tertiary/aromatic N) is 1. The second-order valence-corrected chi connectivity index (χ2v) is 5.61. The molecule has 0 aromatic heterocycles. The van der Waals surface area contributed by atoms with E-state index in [0.29, 0.717) is 6.61 Å². The van der Waals surface area contributed by atoms with Crippen LogP contribution in [0, 0.1) is 16.7 Å². The number of nitrogens with two attached hydrogens (primary N) is 1. The highest BCUT2D eigenvalue weighted by molar-refractivity contribution is 5.29. The van der Waals surface area contributed by atoms with Crippen molar-refractivity contribution in [2.24, 2.45) is 11.1 Å². The van der Waals surface area contributed by atoms with Gasteiger partial charge in [-0.05, 0) is 50.8 Å². The van der Waals surface area contributed by atoms with Gasteiger partial charge in [-0.15, -0.1) is 0 Å². The van der Waals surface area contributed by atoms with Crippen molar-refractivity contribution in [2.45, 2.75) is 46.1 Å². The Hall–Kier alpha value is -1.53. The molecule has 0 saturated heterocycles. The second kappa shape index (κ2) is 7.16. The maximum atomic E-state index is 8.94. The molecule has 0 radical (unpaired) electrons. The topological polar surface area (TPSA) is 59.0 Å². The minimum atomic E-state index is -0.331. The molecule has 0 amide bonds. The third-order valence-corrected chi connectivity index (χ3v) is 3.22. The SMILES string of the molecule is CCC(N)Cc1cccc(OCCC(C)(C)C#N)c1. The van der Waals surface area contributed by atoms with Crippen LogP contribution in [0.25, 0.3) is 0 Å². The maximum absolute atomic E-state index is 8.94. The number of benzene rings is 1. The van der Waals surface area contributed by atoms with Crippen LogP contribution in [0.2, 0.25) is 0 Å². The van der Waals surface area contributed by atoms with Gasteiger partial charge in [0, 0.05) is 6.04 Å². The Bertz CT molecular complexity index is 435. The third kappa shape index (κ3) is 5.76. The van der Waals surface area contributed by atoms with E-state index >= 15 is 0 Å². The van der Waals surface area contributed by atoms with Gasteiger partial charge < -0.3 is 10.5 Å². The Morgan fingerprint density at radius 2 is 2.16 bits per heavy atom. The summed E-state index contributed by atoms with van der Waals surface area (Å²) in [5.74, 6) is 0.856. The molecule has 0 saturated carbocycles. The highest BCUT2D eigenvalue weighted by atomic mass is 16.5. The molecule has 0 spiro atoms. The summed E-state index contributed by atoms with van der Waals surface area (Å²) < 4.78 is 5.71. The Morgan fingerprint density at radius 3 is 2.79 bits per heavy atom. The standard InChI is InChI=1S/C16H24N2O/c1-4-14(18)10-13-6-5-7-15(11-13)19-9-8-16(2,3)12-17/h5-7,11,14H,4,8-10,18H2,1-3H3. The van der Waals surface area contributed by atoms with Crippen LogP contribution in [0.5, 0.6) is 5.75 Å². The first-order valence-electron chi connectivity index (χ1n) is 6.85. The van der Waals surface area contributed by atoms with Crippen molar-refractivity contribution >= 4 is 0 Å². The Morgan fingerprint density at radius 1 is 1.42 bits per heavy atom. The maximum Gasteiger partial charge on any atom is 0.119 e. The highest BCUT2D eigenvalue weighted by Gasteiger charge is 2.16. The van der Waals surface area contributed by atoms with E-state index in [0.717, 1.165) is 25.0 Å². The van der Waals surface area contributed by atoms with E-state index in [-0.39, 0.29) is 11.5 Å². The van der Waals surface area contributed by atoms with Crippen molar-refractivity contribution < 1.29 is 4.74 Å². The fourth-order valence-electron chi connectivity index (χ4n) is 1.69. The van der Waals surface area contributed by atoms with Crippen LogP contribution in [0.1, 0.15) is 39.2 Å². The zero-order valence-corrected chi connectivity index (χ0v) is 12.1. The molecule has 1 rings (SSSR count). The molecule has 104 valence electrons. The van der Waals surface area contributed by atoms with E-state index < -0.39 is 0 Å². The fraction of sp³-hybridized carbons (Fsp3) is 0.562. The summed E-state index contributed by atoms with van der Waals surface area (Å²) in [6.45, 7) is 6.50. The first-order chi connectivity index (χ1) is 8.96. The number of ether oxygens (including phenoxy) is 1. The molecule has 1 aromatic carbocycles. The van der Waals surface area contributed by atoms with E-state index in [9.17, 15) is 0 Å². The van der Waals surface area contributed by atoms with E-state index in [1.165, 1.54) is 5.56 Å². The van der Waals surface area contributed by atoms with E-state index in [1.807, 2.05) is 32.0 Å². The first-order valence-corrected chi connectivity index (χ1v) is 6.85. The molecule has 0 fully saturated rings. The number of nitriles is 1. The van der Waals surface area contributed by atoms with E-state index in [4.69, 9.17) is 15.7 Å². The highest BCUT2D eigenvalue weighted by Crippen LogP contribution is 2.20. The van der Waals surface area contributed by atoms with Gasteiger partial charge in [0.05, 0.1) is 18.1 Å². The molecular weight excluding hydrogens is 236 g/mol. The summed E-state index contributed by atoms with van der Waals surface area (Å²) in [4.78, 5) is 0. The van der Waals surface area contributed by atoms with Crippen molar-refractivity contribution in [3.05, 3.63) is 29.8 Å². The molecule has 19 heavy (non-hydrogen) atoms. The summed E-state index contributed by atoms with van der Waals surface area (Å²) in [5, 5.41) is 8.94. The minimum absolute atomic E-state index is 0.202. The van der Waals surface area contributed by atoms with E-state index in [2.05, 4.69) is 19.1 Å². The summed E-state index contributed by atoms with van der Waals surface area (Å²) in [7, 11) is 0. The molecule has 1 aromatic rings. The van der Waals surface area contributed by atoms with Crippen molar-refractivity contribution in [1.82, 2.24) is 0 Å². The minimum Gasteiger partial charge on any atom is -0.494 e. The van der Waals surface area contributed by atoms with Crippen LogP contribution in [-0.4, -0.2) is 12.6 Å².